The van der Waals surface area contributed by atoms with Gasteiger partial charge in [-0.05, 0) is 42.2 Å². The van der Waals surface area contributed by atoms with Gasteiger partial charge in [0.1, 0.15) is 11.6 Å². The van der Waals surface area contributed by atoms with Crippen LogP contribution < -0.4 is 10.1 Å². The summed E-state index contributed by atoms with van der Waals surface area (Å²) in [6.45, 7) is 4.74. The Morgan fingerprint density at radius 2 is 1.83 bits per heavy atom. The maximum atomic E-state index is 13.4. The van der Waals surface area contributed by atoms with Crippen molar-refractivity contribution >= 4 is 11.6 Å². The van der Waals surface area contributed by atoms with E-state index in [9.17, 15) is 9.18 Å². The van der Waals surface area contributed by atoms with Crippen LogP contribution in [0, 0.1) is 5.82 Å². The van der Waals surface area contributed by atoms with Crippen molar-refractivity contribution in [2.75, 3.05) is 11.9 Å². The lowest BCUT2D eigenvalue weighted by Gasteiger charge is -2.09. The van der Waals surface area contributed by atoms with Crippen molar-refractivity contribution in [3.8, 4) is 5.75 Å². The first-order valence-corrected chi connectivity index (χ1v) is 7.83. The first kappa shape index (κ1) is 17.0. The number of amides is 1. The predicted molar refractivity (Wildman–Crippen MR) is 90.3 cm³/mol. The van der Waals surface area contributed by atoms with Crippen LogP contribution in [0.15, 0.2) is 48.5 Å². The van der Waals surface area contributed by atoms with Crippen LogP contribution in [-0.2, 0) is 4.79 Å². The molecule has 23 heavy (non-hydrogen) atoms. The van der Waals surface area contributed by atoms with Crippen molar-refractivity contribution < 1.29 is 13.9 Å². The van der Waals surface area contributed by atoms with Gasteiger partial charge in [0.25, 0.3) is 0 Å². The molecule has 4 heteroatoms. The quantitative estimate of drug-likeness (QED) is 0.749. The summed E-state index contributed by atoms with van der Waals surface area (Å²) in [4.78, 5) is 11.8. The van der Waals surface area contributed by atoms with E-state index in [1.807, 2.05) is 24.3 Å². The molecule has 0 bridgehead atoms. The maximum absolute atomic E-state index is 13.4. The van der Waals surface area contributed by atoms with E-state index < -0.39 is 5.82 Å². The van der Waals surface area contributed by atoms with Crippen molar-refractivity contribution in [3.05, 3.63) is 59.9 Å². The van der Waals surface area contributed by atoms with Crippen LogP contribution in [0.25, 0.3) is 0 Å². The fourth-order valence-corrected chi connectivity index (χ4v) is 2.15. The largest absolute Gasteiger partial charge is 0.494 e. The number of para-hydroxylation sites is 1. The highest BCUT2D eigenvalue weighted by atomic mass is 19.1. The molecule has 1 N–H and O–H groups in total. The zero-order valence-corrected chi connectivity index (χ0v) is 13.5. The van der Waals surface area contributed by atoms with Gasteiger partial charge in [-0.25, -0.2) is 4.39 Å². The monoisotopic (exact) mass is 315 g/mol. The van der Waals surface area contributed by atoms with Gasteiger partial charge >= 0.3 is 0 Å². The van der Waals surface area contributed by atoms with Crippen LogP contribution in [0.5, 0.6) is 5.75 Å². The molecule has 122 valence electrons. The first-order chi connectivity index (χ1) is 11.1. The fraction of sp³-hybridized carbons (Fsp3) is 0.316. The molecule has 0 aliphatic heterocycles. The topological polar surface area (TPSA) is 38.3 Å². The Balaban J connectivity index is 1.70. The van der Waals surface area contributed by atoms with Crippen LogP contribution in [0.2, 0.25) is 0 Å². The van der Waals surface area contributed by atoms with E-state index in [1.165, 1.54) is 11.6 Å². The third-order valence-corrected chi connectivity index (χ3v) is 3.51. The summed E-state index contributed by atoms with van der Waals surface area (Å²) in [6, 6.07) is 14.1. The summed E-state index contributed by atoms with van der Waals surface area (Å²) in [7, 11) is 0. The van der Waals surface area contributed by atoms with Crippen LogP contribution in [0.1, 0.15) is 38.2 Å². The number of nitrogens with one attached hydrogen (secondary N) is 1. The standard InChI is InChI=1S/C19H22FNO2/c1-14(2)15-9-11-16(12-10-15)23-13-5-8-19(22)21-18-7-4-3-6-17(18)20/h3-4,6-7,9-12,14H,5,8,13H2,1-2H3,(H,21,22). The number of rotatable bonds is 7. The van der Waals surface area contributed by atoms with E-state index >= 15 is 0 Å². The normalized spacial score (nSPS) is 10.6. The molecular weight excluding hydrogens is 293 g/mol. The number of hydrogen-bond donors (Lipinski definition) is 1. The summed E-state index contributed by atoms with van der Waals surface area (Å²) in [5.74, 6) is 0.645. The van der Waals surface area contributed by atoms with E-state index in [0.29, 0.717) is 25.4 Å². The van der Waals surface area contributed by atoms with Crippen LogP contribution in [0.3, 0.4) is 0 Å². The summed E-state index contributed by atoms with van der Waals surface area (Å²) in [5.41, 5.74) is 1.48. The second kappa shape index (κ2) is 8.32. The Bertz CT molecular complexity index is 638. The fourth-order valence-electron chi connectivity index (χ4n) is 2.15. The van der Waals surface area contributed by atoms with Gasteiger partial charge in [-0.2, -0.15) is 0 Å². The molecule has 0 atom stereocenters. The van der Waals surface area contributed by atoms with Gasteiger partial charge in [0.15, 0.2) is 0 Å². The number of hydrogen-bond acceptors (Lipinski definition) is 2. The number of ether oxygens (including phenoxy) is 1. The molecule has 0 saturated carbocycles. The highest BCUT2D eigenvalue weighted by Gasteiger charge is 2.06. The van der Waals surface area contributed by atoms with E-state index in [1.54, 1.807) is 18.2 Å². The first-order valence-electron chi connectivity index (χ1n) is 7.83. The summed E-state index contributed by atoms with van der Waals surface area (Å²) < 4.78 is 19.0. The molecule has 0 heterocycles. The summed E-state index contributed by atoms with van der Waals surface area (Å²) >= 11 is 0. The predicted octanol–water partition coefficient (Wildman–Crippen LogP) is 4.75. The smallest absolute Gasteiger partial charge is 0.224 e. The van der Waals surface area contributed by atoms with Gasteiger partial charge in [-0.15, -0.1) is 0 Å². The molecule has 2 aromatic rings. The molecule has 0 spiro atoms. The summed E-state index contributed by atoms with van der Waals surface area (Å²) in [5, 5.41) is 2.56. The summed E-state index contributed by atoms with van der Waals surface area (Å²) in [6.07, 6.45) is 0.866. The van der Waals surface area contributed by atoms with Gasteiger partial charge in [0.05, 0.1) is 12.3 Å². The van der Waals surface area contributed by atoms with Crippen molar-refractivity contribution in [2.24, 2.45) is 0 Å². The van der Waals surface area contributed by atoms with Gasteiger partial charge in [-0.1, -0.05) is 38.1 Å². The number of carbonyl (C=O) groups excluding carboxylic acids is 1. The second-order valence-electron chi connectivity index (χ2n) is 5.70. The van der Waals surface area contributed by atoms with Crippen molar-refractivity contribution in [2.45, 2.75) is 32.6 Å². The van der Waals surface area contributed by atoms with Crippen molar-refractivity contribution in [3.63, 3.8) is 0 Å². The van der Waals surface area contributed by atoms with E-state index in [-0.39, 0.29) is 11.6 Å². The number of benzene rings is 2. The molecule has 0 aliphatic carbocycles. The molecule has 3 nitrogen and oxygen atoms in total. The average molecular weight is 315 g/mol. The lowest BCUT2D eigenvalue weighted by Crippen LogP contribution is -2.13. The van der Waals surface area contributed by atoms with Gasteiger partial charge in [-0.3, -0.25) is 4.79 Å². The third-order valence-electron chi connectivity index (χ3n) is 3.51. The molecule has 0 saturated heterocycles. The highest BCUT2D eigenvalue weighted by molar-refractivity contribution is 5.90. The van der Waals surface area contributed by atoms with Crippen LogP contribution in [0.4, 0.5) is 10.1 Å². The minimum absolute atomic E-state index is 0.211. The molecule has 0 aliphatic rings. The van der Waals surface area contributed by atoms with Crippen LogP contribution in [-0.4, -0.2) is 12.5 Å². The van der Waals surface area contributed by atoms with E-state index in [2.05, 4.69) is 19.2 Å². The van der Waals surface area contributed by atoms with E-state index in [4.69, 9.17) is 4.74 Å². The molecule has 0 fully saturated rings. The number of halogens is 1. The van der Waals surface area contributed by atoms with Crippen LogP contribution >= 0.6 is 0 Å². The van der Waals surface area contributed by atoms with Gasteiger partial charge in [0, 0.05) is 6.42 Å². The minimum Gasteiger partial charge on any atom is -0.494 e. The SMILES string of the molecule is CC(C)c1ccc(OCCCC(=O)Nc2ccccc2F)cc1. The zero-order chi connectivity index (χ0) is 16.7. The Kier molecular flexibility index (Phi) is 6.15. The van der Waals surface area contributed by atoms with E-state index in [0.717, 1.165) is 5.75 Å². The van der Waals surface area contributed by atoms with Crippen molar-refractivity contribution in [1.29, 1.82) is 0 Å². The molecule has 0 radical (unpaired) electrons. The van der Waals surface area contributed by atoms with Gasteiger partial charge in [0.2, 0.25) is 5.91 Å². The molecule has 2 rings (SSSR count). The lowest BCUT2D eigenvalue weighted by molar-refractivity contribution is -0.116. The lowest BCUT2D eigenvalue weighted by atomic mass is 10.0. The van der Waals surface area contributed by atoms with Crippen molar-refractivity contribution in [1.82, 2.24) is 0 Å². The minimum atomic E-state index is -0.428. The zero-order valence-electron chi connectivity index (χ0n) is 13.5. The maximum Gasteiger partial charge on any atom is 0.224 e. The average Bonchev–Trinajstić information content (AvgIpc) is 2.54. The Labute approximate surface area is 136 Å². The second-order valence-corrected chi connectivity index (χ2v) is 5.70. The number of anilines is 1. The highest BCUT2D eigenvalue weighted by Crippen LogP contribution is 2.19. The Hall–Kier alpha value is -2.36. The van der Waals surface area contributed by atoms with Gasteiger partial charge < -0.3 is 10.1 Å². The molecule has 0 unspecified atom stereocenters. The molecule has 0 aromatic heterocycles. The molecule has 1 amide bonds. The molecule has 2 aromatic carbocycles. The third kappa shape index (κ3) is 5.40. The number of carbonyl (C=O) groups is 1. The molecular formula is C19H22FNO2. The Morgan fingerprint density at radius 1 is 1.13 bits per heavy atom. The Morgan fingerprint density at radius 3 is 2.48 bits per heavy atom.